The summed E-state index contributed by atoms with van der Waals surface area (Å²) in [5.74, 6) is -0.637. The summed E-state index contributed by atoms with van der Waals surface area (Å²) in [6, 6.07) is 22.6. The van der Waals surface area contributed by atoms with Crippen molar-refractivity contribution in [1.29, 1.82) is 0 Å². The molecule has 0 bridgehead atoms. The van der Waals surface area contributed by atoms with Gasteiger partial charge in [-0.1, -0.05) is 35.9 Å². The lowest BCUT2D eigenvalue weighted by Crippen LogP contribution is -2.57. The van der Waals surface area contributed by atoms with Crippen LogP contribution in [-0.4, -0.2) is 64.3 Å². The predicted molar refractivity (Wildman–Crippen MR) is 146 cm³/mol. The molecule has 1 spiro atoms. The standard InChI is InChI=1S/C29H29N5O5/c1-21-7-11-23(12-8-21)30-26(35)19-32-20-33(24-5-3-2-4-6-24)29(28(32)37)15-17-31(18-16-29)27(36)22-9-13-25(14-10-22)34(38)39/h2-14H,15-20H2,1H3,(H,30,35). The molecule has 2 fully saturated rings. The maximum atomic E-state index is 13.9. The Bertz CT molecular complexity index is 1380. The van der Waals surface area contributed by atoms with Gasteiger partial charge in [-0.25, -0.2) is 0 Å². The van der Waals surface area contributed by atoms with Crippen LogP contribution in [0.5, 0.6) is 0 Å². The summed E-state index contributed by atoms with van der Waals surface area (Å²) < 4.78 is 0. The minimum atomic E-state index is -0.877. The van der Waals surface area contributed by atoms with Gasteiger partial charge in [-0.05, 0) is 56.2 Å². The first-order chi connectivity index (χ1) is 18.8. The van der Waals surface area contributed by atoms with Crippen LogP contribution in [0.1, 0.15) is 28.8 Å². The SMILES string of the molecule is Cc1ccc(NC(=O)CN2CN(c3ccccc3)C3(CCN(C(=O)c4ccc([N+](=O)[O-])cc4)CC3)C2=O)cc1. The largest absolute Gasteiger partial charge is 0.339 e. The van der Waals surface area contributed by atoms with E-state index in [9.17, 15) is 24.5 Å². The van der Waals surface area contributed by atoms with Crippen LogP contribution in [0.2, 0.25) is 0 Å². The van der Waals surface area contributed by atoms with Crippen molar-refractivity contribution in [2.45, 2.75) is 25.3 Å². The molecule has 0 unspecified atom stereocenters. The van der Waals surface area contributed by atoms with E-state index in [4.69, 9.17) is 0 Å². The molecular weight excluding hydrogens is 498 g/mol. The van der Waals surface area contributed by atoms with Crippen LogP contribution in [-0.2, 0) is 9.59 Å². The molecule has 0 saturated carbocycles. The average Bonchev–Trinajstić information content (AvgIpc) is 3.21. The highest BCUT2D eigenvalue weighted by molar-refractivity contribution is 6.00. The number of piperidine rings is 1. The zero-order valence-electron chi connectivity index (χ0n) is 21.6. The van der Waals surface area contributed by atoms with E-state index in [1.54, 1.807) is 9.80 Å². The number of para-hydroxylation sites is 1. The van der Waals surface area contributed by atoms with Gasteiger partial charge in [-0.15, -0.1) is 0 Å². The van der Waals surface area contributed by atoms with Crippen molar-refractivity contribution in [3.05, 3.63) is 100 Å². The van der Waals surface area contributed by atoms with Crippen molar-refractivity contribution in [3.63, 3.8) is 0 Å². The van der Waals surface area contributed by atoms with Gasteiger partial charge < -0.3 is 20.0 Å². The monoisotopic (exact) mass is 527 g/mol. The second-order valence-corrected chi connectivity index (χ2v) is 9.95. The summed E-state index contributed by atoms with van der Waals surface area (Å²) in [7, 11) is 0. The van der Waals surface area contributed by atoms with E-state index in [-0.39, 0.29) is 36.6 Å². The number of hydrogen-bond donors (Lipinski definition) is 1. The molecule has 3 amide bonds. The summed E-state index contributed by atoms with van der Waals surface area (Å²) in [4.78, 5) is 55.6. The zero-order chi connectivity index (χ0) is 27.6. The first kappa shape index (κ1) is 25.9. The van der Waals surface area contributed by atoms with Gasteiger partial charge in [-0.2, -0.15) is 0 Å². The van der Waals surface area contributed by atoms with Crippen molar-refractivity contribution in [2.75, 3.05) is 36.5 Å². The molecule has 1 N–H and O–H groups in total. The van der Waals surface area contributed by atoms with E-state index < -0.39 is 10.5 Å². The molecule has 3 aromatic carbocycles. The van der Waals surface area contributed by atoms with Gasteiger partial charge >= 0.3 is 0 Å². The van der Waals surface area contributed by atoms with Crippen molar-refractivity contribution < 1.29 is 19.3 Å². The Kier molecular flexibility index (Phi) is 7.02. The molecule has 2 saturated heterocycles. The van der Waals surface area contributed by atoms with E-state index in [0.29, 0.717) is 37.2 Å². The fourth-order valence-corrected chi connectivity index (χ4v) is 5.32. The molecule has 3 aromatic rings. The number of carbonyl (C=O) groups is 3. The highest BCUT2D eigenvalue weighted by atomic mass is 16.6. The Morgan fingerprint density at radius 1 is 0.949 bits per heavy atom. The molecule has 2 aliphatic heterocycles. The molecule has 0 aromatic heterocycles. The van der Waals surface area contributed by atoms with Crippen molar-refractivity contribution in [1.82, 2.24) is 9.80 Å². The first-order valence-corrected chi connectivity index (χ1v) is 12.8. The maximum absolute atomic E-state index is 13.9. The number of rotatable bonds is 6. The number of anilines is 2. The molecule has 200 valence electrons. The highest BCUT2D eigenvalue weighted by Gasteiger charge is 2.54. The van der Waals surface area contributed by atoms with Gasteiger partial charge in [0.2, 0.25) is 5.91 Å². The second kappa shape index (κ2) is 10.6. The lowest BCUT2D eigenvalue weighted by molar-refractivity contribution is -0.384. The van der Waals surface area contributed by atoms with Crippen LogP contribution < -0.4 is 10.2 Å². The highest BCUT2D eigenvalue weighted by Crippen LogP contribution is 2.39. The molecule has 0 aliphatic carbocycles. The van der Waals surface area contributed by atoms with Crippen LogP contribution in [0.25, 0.3) is 0 Å². The van der Waals surface area contributed by atoms with E-state index in [0.717, 1.165) is 11.3 Å². The van der Waals surface area contributed by atoms with Gasteiger partial charge in [0.05, 0.1) is 11.6 Å². The van der Waals surface area contributed by atoms with Crippen LogP contribution in [0, 0.1) is 17.0 Å². The van der Waals surface area contributed by atoms with E-state index >= 15 is 0 Å². The normalized spacial score (nSPS) is 16.4. The van der Waals surface area contributed by atoms with Gasteiger partial charge in [0, 0.05) is 42.2 Å². The molecule has 2 aliphatic rings. The number of carbonyl (C=O) groups excluding carboxylic acids is 3. The van der Waals surface area contributed by atoms with Crippen LogP contribution in [0.4, 0.5) is 17.1 Å². The third-order valence-corrected chi connectivity index (χ3v) is 7.45. The maximum Gasteiger partial charge on any atom is 0.269 e. The third kappa shape index (κ3) is 5.18. The molecule has 2 heterocycles. The molecule has 10 heteroatoms. The second-order valence-electron chi connectivity index (χ2n) is 9.95. The number of hydrogen-bond acceptors (Lipinski definition) is 6. The van der Waals surface area contributed by atoms with Gasteiger partial charge in [0.15, 0.2) is 0 Å². The number of likely N-dealkylation sites (tertiary alicyclic amines) is 1. The Hall–Kier alpha value is -4.73. The predicted octanol–water partition coefficient (Wildman–Crippen LogP) is 3.82. The van der Waals surface area contributed by atoms with Gasteiger partial charge in [0.1, 0.15) is 12.1 Å². The number of nitrogens with zero attached hydrogens (tertiary/aromatic N) is 4. The summed E-state index contributed by atoms with van der Waals surface area (Å²) in [5.41, 5.74) is 2.04. The summed E-state index contributed by atoms with van der Waals surface area (Å²) in [6.07, 6.45) is 0.797. The quantitative estimate of drug-likeness (QED) is 0.385. The number of nitro benzene ring substituents is 1. The number of amides is 3. The molecule has 5 rings (SSSR count). The Morgan fingerprint density at radius 3 is 2.21 bits per heavy atom. The molecule has 0 atom stereocenters. The molecule has 0 radical (unpaired) electrons. The topological polar surface area (TPSA) is 116 Å². The molecule has 10 nitrogen and oxygen atoms in total. The van der Waals surface area contributed by atoms with Crippen molar-refractivity contribution in [3.8, 4) is 0 Å². The Balaban J connectivity index is 1.32. The number of nitro groups is 1. The summed E-state index contributed by atoms with van der Waals surface area (Å²) in [6.45, 7) is 2.84. The third-order valence-electron chi connectivity index (χ3n) is 7.45. The van der Waals surface area contributed by atoms with Gasteiger partial charge in [-0.3, -0.25) is 24.5 Å². The summed E-state index contributed by atoms with van der Waals surface area (Å²) in [5, 5.41) is 13.8. The average molecular weight is 528 g/mol. The van der Waals surface area contributed by atoms with Crippen molar-refractivity contribution >= 4 is 34.8 Å². The lowest BCUT2D eigenvalue weighted by Gasteiger charge is -2.43. The fourth-order valence-electron chi connectivity index (χ4n) is 5.32. The molecular formula is C29H29N5O5. The number of benzene rings is 3. The zero-order valence-corrected chi connectivity index (χ0v) is 21.6. The minimum absolute atomic E-state index is 0.0780. The van der Waals surface area contributed by atoms with E-state index in [1.807, 2.05) is 66.4 Å². The molecule has 39 heavy (non-hydrogen) atoms. The Morgan fingerprint density at radius 2 is 1.59 bits per heavy atom. The summed E-state index contributed by atoms with van der Waals surface area (Å²) >= 11 is 0. The van der Waals surface area contributed by atoms with Gasteiger partial charge in [0.25, 0.3) is 17.5 Å². The van der Waals surface area contributed by atoms with Crippen LogP contribution >= 0.6 is 0 Å². The van der Waals surface area contributed by atoms with E-state index in [1.165, 1.54) is 24.3 Å². The number of nitrogens with one attached hydrogen (secondary N) is 1. The lowest BCUT2D eigenvalue weighted by atomic mass is 9.85. The van der Waals surface area contributed by atoms with Crippen molar-refractivity contribution in [2.24, 2.45) is 0 Å². The smallest absolute Gasteiger partial charge is 0.269 e. The van der Waals surface area contributed by atoms with Crippen LogP contribution in [0.15, 0.2) is 78.9 Å². The number of aryl methyl sites for hydroxylation is 1. The number of non-ortho nitro benzene ring substituents is 1. The first-order valence-electron chi connectivity index (χ1n) is 12.8. The van der Waals surface area contributed by atoms with Crippen LogP contribution in [0.3, 0.4) is 0 Å². The fraction of sp³-hybridized carbons (Fsp3) is 0.276. The Labute approximate surface area is 226 Å². The van der Waals surface area contributed by atoms with E-state index in [2.05, 4.69) is 5.32 Å². The minimum Gasteiger partial charge on any atom is -0.339 e.